The number of hydrogen-bond donors (Lipinski definition) is 5. The van der Waals surface area contributed by atoms with Crippen LogP contribution in [0.4, 0.5) is 4.79 Å². The molecule has 3 aromatic rings. The Morgan fingerprint density at radius 3 is 2.30 bits per heavy atom. The molecule has 0 aliphatic carbocycles. The predicted octanol–water partition coefficient (Wildman–Crippen LogP) is 1.43. The summed E-state index contributed by atoms with van der Waals surface area (Å²) in [6, 6.07) is 8.56. The Morgan fingerprint density at radius 1 is 0.953 bits per heavy atom. The molecule has 0 saturated heterocycles. The number of imidazole rings is 1. The highest BCUT2D eigenvalue weighted by Gasteiger charge is 2.33. The van der Waals surface area contributed by atoms with Gasteiger partial charge in [-0.3, -0.25) is 14.6 Å². The van der Waals surface area contributed by atoms with Gasteiger partial charge in [-0.25, -0.2) is 14.6 Å². The van der Waals surface area contributed by atoms with Crippen LogP contribution in [-0.4, -0.2) is 75.3 Å². The first-order valence-corrected chi connectivity index (χ1v) is 13.8. The van der Waals surface area contributed by atoms with E-state index < -0.39 is 48.1 Å². The lowest BCUT2D eigenvalue weighted by Gasteiger charge is -2.28. The lowest BCUT2D eigenvalue weighted by atomic mass is 9.98. The second kappa shape index (κ2) is 16.6. The van der Waals surface area contributed by atoms with Gasteiger partial charge in [0.1, 0.15) is 18.7 Å². The van der Waals surface area contributed by atoms with Gasteiger partial charge in [-0.2, -0.15) is 0 Å². The van der Waals surface area contributed by atoms with Crippen molar-refractivity contribution in [1.82, 2.24) is 30.9 Å². The number of amides is 3. The van der Waals surface area contributed by atoms with Gasteiger partial charge in [0.05, 0.1) is 19.5 Å². The summed E-state index contributed by atoms with van der Waals surface area (Å²) < 4.78 is 18.5. The molecule has 0 aliphatic heterocycles. The molecule has 13 nitrogen and oxygen atoms in total. The lowest BCUT2D eigenvalue weighted by molar-refractivity contribution is -0.152. The van der Waals surface area contributed by atoms with E-state index in [4.69, 9.17) is 6.15 Å². The number of rotatable bonds is 15. The minimum atomic E-state index is -1.64. The summed E-state index contributed by atoms with van der Waals surface area (Å²) in [5.41, 5.74) is 1.77. The quantitative estimate of drug-likeness (QED) is 0.162. The first-order valence-electron chi connectivity index (χ1n) is 14.2. The number of benzene rings is 1. The average molecular weight is 596 g/mol. The number of aliphatic hydroxyl groups excluding tert-OH is 1. The van der Waals surface area contributed by atoms with Crippen LogP contribution < -0.4 is 15.9 Å². The van der Waals surface area contributed by atoms with Crippen molar-refractivity contribution in [2.75, 3.05) is 7.11 Å². The number of carbonyl (C=O) groups excluding carboxylic acids is 4. The number of methoxy groups -OCH3 is 1. The average Bonchev–Trinajstić information content (AvgIpc) is 3.54. The molecule has 3 rings (SSSR count). The van der Waals surface area contributed by atoms with E-state index in [1.54, 1.807) is 42.6 Å². The number of aromatic nitrogens is 3. The van der Waals surface area contributed by atoms with Gasteiger partial charge in [0.15, 0.2) is 7.52 Å². The zero-order valence-electron chi connectivity index (χ0n) is 25.3. The largest absolute Gasteiger partial charge is 0.467 e. The Balaban J connectivity index is 1.84. The first-order chi connectivity index (χ1) is 21.1. The van der Waals surface area contributed by atoms with E-state index in [0.717, 1.165) is 7.11 Å². The summed E-state index contributed by atoms with van der Waals surface area (Å²) in [5, 5.41) is 16.3. The number of aliphatic hydroxyl groups is 1. The number of hydrogen-bond acceptors (Lipinski definition) is 9. The van der Waals surface area contributed by atoms with Gasteiger partial charge in [-0.05, 0) is 29.5 Å². The third kappa shape index (κ3) is 10.9. The molecule has 2 aromatic heterocycles. The summed E-state index contributed by atoms with van der Waals surface area (Å²) in [6.07, 6.45) is 3.33. The molecule has 13 heteroatoms. The van der Waals surface area contributed by atoms with Crippen molar-refractivity contribution in [3.63, 3.8) is 0 Å². The molecular formula is C30H38N6O7. The number of aromatic amines is 1. The van der Waals surface area contributed by atoms with Gasteiger partial charge in [0.25, 0.3) is 0 Å². The number of alkyl carbamates (subject to hydrolysis) is 1. The van der Waals surface area contributed by atoms with E-state index in [-0.39, 0.29) is 31.8 Å². The van der Waals surface area contributed by atoms with Crippen LogP contribution in [-0.2, 0) is 43.3 Å². The monoisotopic (exact) mass is 595 g/mol. The second-order valence-electron chi connectivity index (χ2n) is 10.3. The smallest absolute Gasteiger partial charge is 0.408 e. The van der Waals surface area contributed by atoms with Gasteiger partial charge in [0.2, 0.25) is 11.8 Å². The Morgan fingerprint density at radius 2 is 1.67 bits per heavy atom. The molecule has 0 saturated carbocycles. The number of H-pyrrole nitrogens is 1. The summed E-state index contributed by atoms with van der Waals surface area (Å²) in [6.45, 7) is 3.60. The topological polar surface area (TPSA) is 185 Å². The van der Waals surface area contributed by atoms with Crippen molar-refractivity contribution in [3.8, 4) is 0 Å². The van der Waals surface area contributed by atoms with Crippen molar-refractivity contribution in [3.05, 3.63) is 84.2 Å². The molecule has 0 fully saturated rings. The number of nitrogens with one attached hydrogen (secondary N) is 4. The fourth-order valence-electron chi connectivity index (χ4n) is 4.26. The van der Waals surface area contributed by atoms with Crippen LogP contribution in [0.15, 0.2) is 67.4 Å². The van der Waals surface area contributed by atoms with E-state index in [0.29, 0.717) is 22.1 Å². The molecule has 0 aliphatic rings. The summed E-state index contributed by atoms with van der Waals surface area (Å²) in [4.78, 5) is 63.2. The van der Waals surface area contributed by atoms with E-state index in [1.807, 2.05) is 19.9 Å². The van der Waals surface area contributed by atoms with Crippen molar-refractivity contribution < 1.29 is 35.2 Å². The molecule has 230 valence electrons. The van der Waals surface area contributed by atoms with Gasteiger partial charge in [-0.15, -0.1) is 0 Å². The van der Waals surface area contributed by atoms with Crippen molar-refractivity contribution >= 4 is 23.9 Å². The molecular weight excluding hydrogens is 556 g/mol. The minimum absolute atomic E-state index is 0.0112. The van der Waals surface area contributed by atoms with E-state index in [9.17, 15) is 24.3 Å². The van der Waals surface area contributed by atoms with Crippen LogP contribution in [0.2, 0.25) is 1.41 Å². The first kappa shape index (κ1) is 31.2. The molecule has 0 unspecified atom stereocenters. The normalized spacial score (nSPS) is 14.0. The molecule has 4 atom stereocenters. The zero-order chi connectivity index (χ0) is 32.1. The molecule has 5 N–H and O–H groups in total. The van der Waals surface area contributed by atoms with Crippen LogP contribution in [0.1, 0.15) is 37.1 Å². The van der Waals surface area contributed by atoms with Crippen molar-refractivity contribution in [2.24, 2.45) is 5.92 Å². The third-order valence-corrected chi connectivity index (χ3v) is 6.41. The number of esters is 1. The number of ether oxygens (including phenoxy) is 2. The van der Waals surface area contributed by atoms with Crippen molar-refractivity contribution in [2.45, 2.75) is 63.9 Å². The molecule has 0 bridgehead atoms. The molecule has 2 heterocycles. The Kier molecular flexibility index (Phi) is 12.0. The van der Waals surface area contributed by atoms with Gasteiger partial charge < -0.3 is 35.5 Å². The van der Waals surface area contributed by atoms with Crippen LogP contribution in [0, 0.1) is 5.92 Å². The summed E-state index contributed by atoms with van der Waals surface area (Å²) >= 11 is 0. The molecule has 0 spiro atoms. The number of carbonyl (C=O) groups is 4. The maximum absolute atomic E-state index is 13.7. The fraction of sp³-hybridized carbons (Fsp3) is 0.400. The molecule has 0 radical (unpaired) electrons. The highest BCUT2D eigenvalue weighted by molar-refractivity contribution is 5.92. The summed E-state index contributed by atoms with van der Waals surface area (Å²) in [7, 11) is 1.13. The zero-order valence-corrected chi connectivity index (χ0v) is 24.3. The van der Waals surface area contributed by atoms with Gasteiger partial charge in [0, 0.05) is 37.1 Å². The highest BCUT2D eigenvalue weighted by Crippen LogP contribution is 2.12. The lowest BCUT2D eigenvalue weighted by Crippen LogP contribution is -2.58. The number of pyridine rings is 1. The summed E-state index contributed by atoms with van der Waals surface area (Å²) in [5.74, 6) is -2.44. The van der Waals surface area contributed by atoms with E-state index >= 15 is 0 Å². The van der Waals surface area contributed by atoms with Gasteiger partial charge in [-0.1, -0.05) is 50.2 Å². The van der Waals surface area contributed by atoms with E-state index in [2.05, 4.69) is 30.3 Å². The minimum Gasteiger partial charge on any atom is -0.467 e. The Labute approximate surface area is 251 Å². The van der Waals surface area contributed by atoms with Crippen LogP contribution in [0.3, 0.4) is 0 Å². The standard InChI is InChI=1S/C30H38N6O7/c1-19(2)12-23(26(37)29(40)42-3)34-28(39)25(14-22-16-32-18-33-22)35-27(38)24(13-21-10-7-11-31-15-21)36-30(41)43-17-20-8-5-4-6-9-20/h4-11,15-16,18-19,23-26,37H,12-14,17H2,1-3H3,(H,32,33)(H,34,39)(H,35,38)(H,36,41)/t23-,24-,25-,26-/m0/s1/i/hD. The second-order valence-corrected chi connectivity index (χ2v) is 10.3. The predicted molar refractivity (Wildman–Crippen MR) is 155 cm³/mol. The SMILES string of the molecule is [2H]N(C(=O)OCc1ccccc1)[C@@H](Cc1cccnc1)C(=O)N[C@@H](Cc1cnc[nH]1)C(=O)N[C@@H](CC(C)C)[C@H](O)C(=O)OC. The molecule has 43 heavy (non-hydrogen) atoms. The number of nitrogens with zero attached hydrogens (tertiary/aromatic N) is 2. The molecule has 1 aromatic carbocycles. The maximum atomic E-state index is 13.7. The van der Waals surface area contributed by atoms with Crippen molar-refractivity contribution in [1.29, 1.82) is 0 Å². The van der Waals surface area contributed by atoms with Gasteiger partial charge >= 0.3 is 12.1 Å². The highest BCUT2D eigenvalue weighted by atomic mass is 16.5. The molecule has 3 amide bonds. The van der Waals surface area contributed by atoms with Crippen LogP contribution in [0.25, 0.3) is 0 Å². The maximum Gasteiger partial charge on any atom is 0.408 e. The van der Waals surface area contributed by atoms with E-state index in [1.165, 1.54) is 18.7 Å². The third-order valence-electron chi connectivity index (χ3n) is 6.41. The van der Waals surface area contributed by atoms with Crippen LogP contribution in [0.5, 0.6) is 0 Å². The van der Waals surface area contributed by atoms with Crippen LogP contribution >= 0.6 is 0 Å². The fourth-order valence-corrected chi connectivity index (χ4v) is 4.26. The Bertz CT molecular complexity index is 1340. The Hall–Kier alpha value is -4.78.